The number of amides is 4. The highest BCUT2D eigenvalue weighted by atomic mass is 32.2. The van der Waals surface area contributed by atoms with Crippen molar-refractivity contribution in [3.8, 4) is 45.5 Å². The van der Waals surface area contributed by atoms with E-state index in [1.807, 2.05) is 36.4 Å². The number of benzene rings is 2. The quantitative estimate of drug-likeness (QED) is 0.0453. The first-order valence-corrected chi connectivity index (χ1v) is 23.1. The second kappa shape index (κ2) is 23.0. The molecule has 1 unspecified atom stereocenters. The van der Waals surface area contributed by atoms with E-state index in [4.69, 9.17) is 14.2 Å². The number of thioether (sulfide) groups is 2. The van der Waals surface area contributed by atoms with Gasteiger partial charge in [0.15, 0.2) is 23.0 Å². The van der Waals surface area contributed by atoms with Gasteiger partial charge in [-0.1, -0.05) is 44.9 Å². The van der Waals surface area contributed by atoms with Crippen LogP contribution in [0.25, 0.3) is 22.5 Å². The molecule has 2 aromatic heterocycles. The van der Waals surface area contributed by atoms with Gasteiger partial charge < -0.3 is 49.8 Å². The van der Waals surface area contributed by atoms with Crippen LogP contribution >= 0.6 is 23.5 Å². The number of aromatic amines is 2. The van der Waals surface area contributed by atoms with Gasteiger partial charge in [-0.3, -0.25) is 9.59 Å². The van der Waals surface area contributed by atoms with Crippen molar-refractivity contribution in [2.24, 2.45) is 5.92 Å². The van der Waals surface area contributed by atoms with Gasteiger partial charge in [0, 0.05) is 42.5 Å². The number of fused-ring (bicyclic) bond motifs is 2. The van der Waals surface area contributed by atoms with Gasteiger partial charge in [-0.15, -0.1) is 23.5 Å². The van der Waals surface area contributed by atoms with Crippen molar-refractivity contribution in [2.45, 2.75) is 76.7 Å². The summed E-state index contributed by atoms with van der Waals surface area (Å²) >= 11 is 3.17. The number of hydrogen-bond donors (Lipinski definition) is 5. The Morgan fingerprint density at radius 3 is 1.84 bits per heavy atom. The topological polar surface area (TPSA) is 202 Å². The summed E-state index contributed by atoms with van der Waals surface area (Å²) in [5, 5.41) is 7.82. The van der Waals surface area contributed by atoms with Gasteiger partial charge in [0.1, 0.15) is 24.2 Å². The average Bonchev–Trinajstić information content (AvgIpc) is 4.14. The fourth-order valence-electron chi connectivity index (χ4n) is 7.26. The molecule has 1 aliphatic heterocycles. The van der Waals surface area contributed by atoms with Crippen molar-refractivity contribution in [1.29, 1.82) is 0 Å². The van der Waals surface area contributed by atoms with Gasteiger partial charge in [0.2, 0.25) is 11.8 Å². The smallest absolute Gasteiger partial charge is 0.407 e. The van der Waals surface area contributed by atoms with Gasteiger partial charge >= 0.3 is 12.2 Å². The Kier molecular flexibility index (Phi) is 17.0. The molecular weight excluding hydrogens is 821 g/mol. The first-order chi connectivity index (χ1) is 29.7. The lowest BCUT2D eigenvalue weighted by Crippen LogP contribution is -2.50. The van der Waals surface area contributed by atoms with Crippen LogP contribution in [0, 0.1) is 5.92 Å². The van der Waals surface area contributed by atoms with Gasteiger partial charge in [0.05, 0.1) is 49.8 Å². The van der Waals surface area contributed by atoms with Crippen LogP contribution < -0.4 is 25.4 Å². The number of hydrogen-bond acceptors (Lipinski definition) is 12. The zero-order chi connectivity index (χ0) is 43.0. The van der Waals surface area contributed by atoms with Crippen molar-refractivity contribution in [3.63, 3.8) is 0 Å². The molecule has 16 nitrogen and oxygen atoms in total. The van der Waals surface area contributed by atoms with E-state index in [2.05, 4.69) is 40.6 Å². The minimum atomic E-state index is -0.652. The summed E-state index contributed by atoms with van der Waals surface area (Å²) in [4.78, 5) is 65.5. The van der Waals surface area contributed by atoms with Crippen molar-refractivity contribution in [1.82, 2.24) is 40.8 Å². The highest BCUT2D eigenvalue weighted by Crippen LogP contribution is 2.47. The van der Waals surface area contributed by atoms with Crippen molar-refractivity contribution < 1.29 is 38.1 Å². The summed E-state index contributed by atoms with van der Waals surface area (Å²) in [6.07, 6.45) is 15.2. The first-order valence-electron chi connectivity index (χ1n) is 20.8. The van der Waals surface area contributed by atoms with Crippen molar-refractivity contribution in [3.05, 3.63) is 60.4 Å². The van der Waals surface area contributed by atoms with E-state index in [0.29, 0.717) is 47.6 Å². The van der Waals surface area contributed by atoms with E-state index in [1.165, 1.54) is 46.3 Å². The molecule has 4 amide bonds. The fraction of sp³-hybridized carbons (Fsp3) is 0.488. The van der Waals surface area contributed by atoms with Crippen LogP contribution in [0.1, 0.15) is 69.4 Å². The molecule has 2 saturated carbocycles. The largest absolute Gasteiger partial charge is 0.453 e. The number of nitrogens with zero attached hydrogens (tertiary/aromatic N) is 3. The molecule has 3 heterocycles. The zero-order valence-corrected chi connectivity index (χ0v) is 36.6. The number of H-pyrrole nitrogens is 2. The molecule has 2 aliphatic carbocycles. The number of rotatable bonds is 17. The minimum Gasteiger partial charge on any atom is -0.453 e. The summed E-state index contributed by atoms with van der Waals surface area (Å²) in [5.41, 5.74) is 3.50. The molecule has 0 saturated heterocycles. The number of carbonyl (C=O) groups excluding carboxylic acids is 4. The number of ether oxygens (including phenoxy) is 4. The summed E-state index contributed by atoms with van der Waals surface area (Å²) in [6.45, 7) is -0.141. The Labute approximate surface area is 364 Å². The molecule has 2 aromatic carbocycles. The predicted molar refractivity (Wildman–Crippen MR) is 236 cm³/mol. The van der Waals surface area contributed by atoms with E-state index in [1.54, 1.807) is 47.9 Å². The molecular formula is C43H56N8O8S2. The van der Waals surface area contributed by atoms with Crippen LogP contribution in [0.5, 0.6) is 23.0 Å². The lowest BCUT2D eigenvalue weighted by atomic mass is 9.97. The molecule has 1 atom stereocenters. The lowest BCUT2D eigenvalue weighted by molar-refractivity contribution is -0.132. The van der Waals surface area contributed by atoms with Crippen LogP contribution in [0.2, 0.25) is 0 Å². The molecule has 7 rings (SSSR count). The van der Waals surface area contributed by atoms with E-state index in [-0.39, 0.29) is 24.3 Å². The van der Waals surface area contributed by atoms with Gasteiger partial charge in [-0.05, 0) is 55.2 Å². The van der Waals surface area contributed by atoms with E-state index in [9.17, 15) is 19.2 Å². The number of aryl methyl sites for hydroxylation is 2. The van der Waals surface area contributed by atoms with Gasteiger partial charge in [0.25, 0.3) is 0 Å². The monoisotopic (exact) mass is 876 g/mol. The van der Waals surface area contributed by atoms with Crippen molar-refractivity contribution in [2.75, 3.05) is 51.1 Å². The molecule has 0 spiro atoms. The number of aromatic nitrogens is 4. The average molecular weight is 877 g/mol. The summed E-state index contributed by atoms with van der Waals surface area (Å²) < 4.78 is 21.7. The highest BCUT2D eigenvalue weighted by molar-refractivity contribution is 7.99. The molecule has 0 bridgehead atoms. The highest BCUT2D eigenvalue weighted by Gasteiger charge is 2.34. The van der Waals surface area contributed by atoms with Crippen molar-refractivity contribution >= 4 is 47.5 Å². The Balaban J connectivity index is 0.00000116. The number of carbonyl (C=O) groups is 4. The minimum absolute atomic E-state index is 0.0954. The van der Waals surface area contributed by atoms with Crippen LogP contribution in [0.3, 0.4) is 0 Å². The molecule has 4 aromatic rings. The molecule has 61 heavy (non-hydrogen) atoms. The third kappa shape index (κ3) is 13.3. The number of imidazole rings is 2. The van der Waals surface area contributed by atoms with Crippen LogP contribution in [0.15, 0.2) is 48.8 Å². The maximum atomic E-state index is 13.2. The number of nitrogens with one attached hydrogen (secondary N) is 5. The third-order valence-electron chi connectivity index (χ3n) is 10.6. The number of methoxy groups -OCH3 is 2. The number of likely N-dealkylation sites (N-methyl/N-ethyl adjacent to an activating group) is 1. The van der Waals surface area contributed by atoms with E-state index < -0.39 is 18.2 Å². The molecule has 2 fully saturated rings. The predicted octanol–water partition coefficient (Wildman–Crippen LogP) is 7.63. The molecule has 5 N–H and O–H groups in total. The van der Waals surface area contributed by atoms with Crippen LogP contribution in [0.4, 0.5) is 9.59 Å². The van der Waals surface area contributed by atoms with E-state index in [0.717, 1.165) is 71.4 Å². The normalized spacial score (nSPS) is 14.5. The summed E-state index contributed by atoms with van der Waals surface area (Å²) in [6, 6.07) is 10.9. The maximum absolute atomic E-state index is 13.2. The molecule has 0 radical (unpaired) electrons. The Hall–Kier alpha value is -5.36. The molecule has 328 valence electrons. The summed E-state index contributed by atoms with van der Waals surface area (Å²) in [7, 11) is 4.32. The van der Waals surface area contributed by atoms with Gasteiger partial charge in [-0.25, -0.2) is 19.6 Å². The second-order valence-corrected chi connectivity index (χ2v) is 17.2. The van der Waals surface area contributed by atoms with Crippen LogP contribution in [-0.4, -0.2) is 106 Å². The third-order valence-corrected chi connectivity index (χ3v) is 12.5. The Morgan fingerprint density at radius 2 is 1.30 bits per heavy atom. The van der Waals surface area contributed by atoms with E-state index >= 15 is 0 Å². The van der Waals surface area contributed by atoms with Gasteiger partial charge in [-0.2, -0.15) is 0 Å². The molecule has 18 heteroatoms. The lowest BCUT2D eigenvalue weighted by Gasteiger charge is -2.27. The first kappa shape index (κ1) is 45.2. The molecule has 3 aliphatic rings. The zero-order valence-electron chi connectivity index (χ0n) is 35.0. The Morgan fingerprint density at radius 1 is 0.754 bits per heavy atom. The SMILES string of the molecule is C1CCCC1.COC(=O)NCC(=O)NCSCCc1ncc(-c2ccc3c(c2)Oc2ccc(-c4cnc(CCSCN(C)C(=O)C(NC(=O)OC)C5CCCC5)[nH]4)cc2O3)[nH]1. The maximum Gasteiger partial charge on any atom is 0.407 e. The summed E-state index contributed by atoms with van der Waals surface area (Å²) in [5.74, 6) is 6.17. The standard InChI is InChI=1S/C38H46N8O8S2.C5H10/c1-46(36(48)35(45-38(50)52-3)23-6-4-5-7-23)22-56-15-13-33-40-19-27(44-33)25-9-11-29-31(17-25)54-28-10-8-24(16-30(28)53-29)26-18-39-32(43-26)12-14-55-21-42-34(47)20-41-37(49)51-2;1-2-4-5-3-1/h8-11,16-19,23,35H,4-7,12-15,20-22H2,1-3H3,(H,39,43)(H,40,44)(H,41,49)(H,42,47)(H,45,50);1-5H2. The fourth-order valence-corrected chi connectivity index (χ4v) is 8.87. The van der Waals surface area contributed by atoms with Crippen LogP contribution in [-0.2, 0) is 31.9 Å². The Bertz CT molecular complexity index is 2080. The second-order valence-electron chi connectivity index (χ2n) is 15.0. The number of alkyl carbamates (subject to hydrolysis) is 2.